The molecule has 4 rings (SSSR count). The highest BCUT2D eigenvalue weighted by Gasteiger charge is 2.34. The molecule has 3 heteroatoms. The quantitative estimate of drug-likeness (QED) is 0.865. The van der Waals surface area contributed by atoms with Gasteiger partial charge in [-0.05, 0) is 43.4 Å². The van der Waals surface area contributed by atoms with E-state index in [2.05, 4.69) is 78.8 Å². The molecule has 2 heterocycles. The molecule has 2 unspecified atom stereocenters. The van der Waals surface area contributed by atoms with Crippen LogP contribution in [0, 0.1) is 0 Å². The van der Waals surface area contributed by atoms with Gasteiger partial charge in [-0.3, -0.25) is 5.43 Å². The zero-order chi connectivity index (χ0) is 16.7. The van der Waals surface area contributed by atoms with Crippen LogP contribution < -0.4 is 15.8 Å². The van der Waals surface area contributed by atoms with Crippen LogP contribution >= 0.6 is 0 Å². The third-order valence-corrected chi connectivity index (χ3v) is 5.53. The molecule has 1 fully saturated rings. The van der Waals surface area contributed by atoms with Crippen molar-refractivity contribution in [2.24, 2.45) is 0 Å². The van der Waals surface area contributed by atoms with Gasteiger partial charge in [-0.2, -0.15) is 0 Å². The highest BCUT2D eigenvalue weighted by molar-refractivity contribution is 5.86. The Morgan fingerprint density at radius 1 is 1.17 bits per heavy atom. The lowest BCUT2D eigenvalue weighted by Gasteiger charge is -2.35. The van der Waals surface area contributed by atoms with Crippen LogP contribution in [0.5, 0.6) is 0 Å². The Morgan fingerprint density at radius 2 is 1.96 bits per heavy atom. The third-order valence-electron chi connectivity index (χ3n) is 5.53. The molecule has 1 aromatic carbocycles. The Balaban J connectivity index is 1.65. The molecule has 2 aliphatic heterocycles. The summed E-state index contributed by atoms with van der Waals surface area (Å²) in [5, 5.41) is 0. The fraction of sp³-hybridized carbons (Fsp3) is 0.333. The normalized spacial score (nSPS) is 26.7. The summed E-state index contributed by atoms with van der Waals surface area (Å²) in [6.07, 6.45) is 10.1. The minimum atomic E-state index is 0.296. The molecule has 1 saturated heterocycles. The summed E-state index contributed by atoms with van der Waals surface area (Å²) >= 11 is 0. The molecule has 3 nitrogen and oxygen atoms in total. The first-order valence-corrected chi connectivity index (χ1v) is 8.76. The number of allylic oxidation sites excluding steroid dienone is 4. The van der Waals surface area contributed by atoms with Crippen molar-refractivity contribution in [3.63, 3.8) is 0 Å². The minimum absolute atomic E-state index is 0.296. The summed E-state index contributed by atoms with van der Waals surface area (Å²) in [5.74, 6) is 0. The first-order chi connectivity index (χ1) is 11.7. The summed E-state index contributed by atoms with van der Waals surface area (Å²) in [5.41, 5.74) is 14.9. The standard InChI is InChI=1S/C21H25N3/c1-14-17-11-7-8-12-20(17)24(3)15(2)21(14)19-13-18(22-23-19)16-9-5-4-6-10-16/h4-5,7-9,11-12,18-19,22-23H,2,6,10,13H2,1,3H3. The predicted molar refractivity (Wildman–Crippen MR) is 102 cm³/mol. The van der Waals surface area contributed by atoms with E-state index in [1.165, 1.54) is 28.0 Å². The van der Waals surface area contributed by atoms with Crippen LogP contribution in [0.4, 0.5) is 5.69 Å². The number of anilines is 1. The Morgan fingerprint density at radius 3 is 2.75 bits per heavy atom. The lowest BCUT2D eigenvalue weighted by Crippen LogP contribution is -2.37. The average Bonchev–Trinajstić information content (AvgIpc) is 3.10. The van der Waals surface area contributed by atoms with Crippen LogP contribution in [-0.4, -0.2) is 19.1 Å². The second-order valence-corrected chi connectivity index (χ2v) is 6.90. The number of nitrogens with zero attached hydrogens (tertiary/aromatic N) is 1. The number of rotatable bonds is 2. The van der Waals surface area contributed by atoms with Crippen LogP contribution in [0.1, 0.15) is 31.7 Å². The SMILES string of the molecule is C=C1C(C2CC(C3=CC=CCC3)NN2)=C(C)c2ccccc2N1C. The molecule has 3 aliphatic rings. The molecule has 0 radical (unpaired) electrons. The van der Waals surface area contributed by atoms with Gasteiger partial charge < -0.3 is 4.90 Å². The molecule has 124 valence electrons. The maximum Gasteiger partial charge on any atom is 0.0504 e. The number of benzene rings is 1. The second kappa shape index (κ2) is 6.08. The van der Waals surface area contributed by atoms with Gasteiger partial charge in [0.2, 0.25) is 0 Å². The van der Waals surface area contributed by atoms with E-state index >= 15 is 0 Å². The summed E-state index contributed by atoms with van der Waals surface area (Å²) in [6, 6.07) is 9.30. The molecule has 1 aliphatic carbocycles. The smallest absolute Gasteiger partial charge is 0.0504 e. The van der Waals surface area contributed by atoms with Gasteiger partial charge in [0.15, 0.2) is 0 Å². The Labute approximate surface area is 144 Å². The van der Waals surface area contributed by atoms with E-state index in [9.17, 15) is 0 Å². The molecular weight excluding hydrogens is 294 g/mol. The van der Waals surface area contributed by atoms with Crippen molar-refractivity contribution in [3.05, 3.63) is 71.5 Å². The summed E-state index contributed by atoms with van der Waals surface area (Å²) in [6.45, 7) is 6.61. The van der Waals surface area contributed by atoms with Gasteiger partial charge in [0.25, 0.3) is 0 Å². The van der Waals surface area contributed by atoms with E-state index in [1.54, 1.807) is 0 Å². The van der Waals surface area contributed by atoms with Crippen molar-refractivity contribution in [1.82, 2.24) is 10.9 Å². The molecule has 0 bridgehead atoms. The summed E-state index contributed by atoms with van der Waals surface area (Å²) < 4.78 is 0. The van der Waals surface area contributed by atoms with Crippen LogP contribution in [0.25, 0.3) is 5.57 Å². The topological polar surface area (TPSA) is 27.3 Å². The second-order valence-electron chi connectivity index (χ2n) is 6.90. The largest absolute Gasteiger partial charge is 0.344 e. The Kier molecular flexibility index (Phi) is 3.91. The number of hydrogen-bond donors (Lipinski definition) is 2. The molecule has 24 heavy (non-hydrogen) atoms. The van der Waals surface area contributed by atoms with Gasteiger partial charge in [0.05, 0.1) is 6.04 Å². The number of hydrogen-bond acceptors (Lipinski definition) is 3. The fourth-order valence-corrected chi connectivity index (χ4v) is 4.13. The third kappa shape index (κ3) is 2.45. The molecule has 0 amide bonds. The van der Waals surface area contributed by atoms with Crippen LogP contribution in [-0.2, 0) is 0 Å². The van der Waals surface area contributed by atoms with E-state index in [4.69, 9.17) is 0 Å². The van der Waals surface area contributed by atoms with E-state index < -0.39 is 0 Å². The zero-order valence-electron chi connectivity index (χ0n) is 14.5. The van der Waals surface area contributed by atoms with E-state index in [0.717, 1.165) is 25.0 Å². The number of para-hydroxylation sites is 1. The maximum atomic E-state index is 4.38. The van der Waals surface area contributed by atoms with Crippen LogP contribution in [0.15, 0.2) is 65.9 Å². The van der Waals surface area contributed by atoms with E-state index in [1.807, 2.05) is 0 Å². The molecule has 0 aromatic heterocycles. The van der Waals surface area contributed by atoms with Gasteiger partial charge in [-0.1, -0.05) is 48.6 Å². The maximum absolute atomic E-state index is 4.38. The Bertz CT molecular complexity index is 769. The number of hydrazine groups is 1. The van der Waals surface area contributed by atoms with Gasteiger partial charge in [-0.15, -0.1) is 0 Å². The molecule has 2 atom stereocenters. The predicted octanol–water partition coefficient (Wildman–Crippen LogP) is 3.94. The first kappa shape index (κ1) is 15.4. The summed E-state index contributed by atoms with van der Waals surface area (Å²) in [4.78, 5) is 2.22. The van der Waals surface area contributed by atoms with Crippen LogP contribution in [0.3, 0.4) is 0 Å². The highest BCUT2D eigenvalue weighted by atomic mass is 15.4. The van der Waals surface area contributed by atoms with Crippen molar-refractivity contribution in [2.45, 2.75) is 38.3 Å². The van der Waals surface area contributed by atoms with Gasteiger partial charge >= 0.3 is 0 Å². The van der Waals surface area contributed by atoms with Gasteiger partial charge in [0, 0.05) is 30.0 Å². The van der Waals surface area contributed by atoms with Gasteiger partial charge in [0.1, 0.15) is 0 Å². The van der Waals surface area contributed by atoms with E-state index in [-0.39, 0.29) is 0 Å². The highest BCUT2D eigenvalue weighted by Crippen LogP contribution is 2.41. The summed E-state index contributed by atoms with van der Waals surface area (Å²) in [7, 11) is 2.11. The lowest BCUT2D eigenvalue weighted by atomic mass is 9.86. The van der Waals surface area contributed by atoms with Crippen molar-refractivity contribution >= 4 is 11.3 Å². The zero-order valence-corrected chi connectivity index (χ0v) is 14.5. The lowest BCUT2D eigenvalue weighted by molar-refractivity contribution is 0.576. The van der Waals surface area contributed by atoms with Crippen molar-refractivity contribution in [1.29, 1.82) is 0 Å². The van der Waals surface area contributed by atoms with Crippen LogP contribution in [0.2, 0.25) is 0 Å². The molecule has 0 spiro atoms. The molecular formula is C21H25N3. The minimum Gasteiger partial charge on any atom is -0.344 e. The fourth-order valence-electron chi connectivity index (χ4n) is 4.13. The number of nitrogens with one attached hydrogen (secondary N) is 2. The number of likely N-dealkylation sites (N-methyl/N-ethyl adjacent to an activating group) is 1. The Hall–Kier alpha value is -2.10. The monoisotopic (exact) mass is 319 g/mol. The van der Waals surface area contributed by atoms with Gasteiger partial charge in [-0.25, -0.2) is 5.43 Å². The number of fused-ring (bicyclic) bond motifs is 1. The average molecular weight is 319 g/mol. The van der Waals surface area contributed by atoms with Crippen molar-refractivity contribution in [2.75, 3.05) is 11.9 Å². The van der Waals surface area contributed by atoms with Crippen molar-refractivity contribution in [3.8, 4) is 0 Å². The first-order valence-electron chi connectivity index (χ1n) is 8.76. The molecule has 2 N–H and O–H groups in total. The molecule has 1 aromatic rings. The van der Waals surface area contributed by atoms with E-state index in [0.29, 0.717) is 12.1 Å². The van der Waals surface area contributed by atoms with Crippen molar-refractivity contribution < 1.29 is 0 Å². The molecule has 0 saturated carbocycles.